The molecule has 0 atom stereocenters. The van der Waals surface area contributed by atoms with E-state index in [-0.39, 0.29) is 11.6 Å². The molecule has 0 spiro atoms. The van der Waals surface area contributed by atoms with E-state index in [1.165, 1.54) is 48.2 Å². The molecule has 0 radical (unpaired) electrons. The van der Waals surface area contributed by atoms with Crippen molar-refractivity contribution in [3.63, 3.8) is 0 Å². The number of anilines is 2. The summed E-state index contributed by atoms with van der Waals surface area (Å²) in [6.45, 7) is 0. The molecule has 0 aromatic heterocycles. The van der Waals surface area contributed by atoms with Crippen LogP contribution in [0, 0.1) is 5.82 Å². The molecule has 0 bridgehead atoms. The molecule has 3 rings (SSSR count). The monoisotopic (exact) mass is 310 g/mol. The number of halogens is 1. The van der Waals surface area contributed by atoms with Gasteiger partial charge < -0.3 is 11.1 Å². The number of rotatable bonds is 3. The molecule has 0 saturated heterocycles. The van der Waals surface area contributed by atoms with E-state index >= 15 is 0 Å². The highest BCUT2D eigenvalue weighted by Gasteiger charge is 2.09. The van der Waals surface area contributed by atoms with Gasteiger partial charge in [0.05, 0.1) is 11.4 Å². The van der Waals surface area contributed by atoms with Crippen LogP contribution in [0.25, 0.3) is 6.08 Å². The lowest BCUT2D eigenvalue weighted by Crippen LogP contribution is -2.09. The third-order valence-electron chi connectivity index (χ3n) is 4.07. The molecule has 23 heavy (non-hydrogen) atoms. The highest BCUT2D eigenvalue weighted by atomic mass is 19.1. The fraction of sp³-hybridized carbons (Fsp3) is 0.211. The lowest BCUT2D eigenvalue weighted by molar-refractivity contribution is -0.111. The summed E-state index contributed by atoms with van der Waals surface area (Å²) in [5.74, 6) is -0.717. The van der Waals surface area contributed by atoms with Crippen molar-refractivity contribution in [2.45, 2.75) is 25.7 Å². The number of carbonyl (C=O) groups excluding carboxylic acids is 1. The van der Waals surface area contributed by atoms with Gasteiger partial charge in [0.15, 0.2) is 0 Å². The maximum absolute atomic E-state index is 13.0. The largest absolute Gasteiger partial charge is 0.397 e. The van der Waals surface area contributed by atoms with E-state index in [0.717, 1.165) is 18.4 Å². The molecule has 1 aliphatic rings. The van der Waals surface area contributed by atoms with Crippen molar-refractivity contribution in [1.82, 2.24) is 0 Å². The normalized spacial score (nSPS) is 13.8. The predicted molar refractivity (Wildman–Crippen MR) is 91.6 cm³/mol. The molecule has 3 nitrogen and oxygen atoms in total. The summed E-state index contributed by atoms with van der Waals surface area (Å²) >= 11 is 0. The number of carbonyl (C=O) groups is 1. The number of nitrogens with two attached hydrogens (primary N) is 1. The molecule has 2 aromatic carbocycles. The van der Waals surface area contributed by atoms with Gasteiger partial charge >= 0.3 is 0 Å². The first-order valence-corrected chi connectivity index (χ1v) is 7.78. The average molecular weight is 310 g/mol. The zero-order valence-electron chi connectivity index (χ0n) is 12.8. The van der Waals surface area contributed by atoms with E-state index in [9.17, 15) is 9.18 Å². The highest BCUT2D eigenvalue weighted by molar-refractivity contribution is 6.03. The second kappa shape index (κ2) is 6.65. The molecule has 0 unspecified atom stereocenters. The summed E-state index contributed by atoms with van der Waals surface area (Å²) in [7, 11) is 0. The minimum absolute atomic E-state index is 0.209. The fourth-order valence-electron chi connectivity index (χ4n) is 2.85. The average Bonchev–Trinajstić information content (AvgIpc) is 2.55. The Bertz CT molecular complexity index is 768. The van der Waals surface area contributed by atoms with E-state index in [4.69, 9.17) is 5.73 Å². The van der Waals surface area contributed by atoms with Gasteiger partial charge in [0.1, 0.15) is 5.82 Å². The summed E-state index contributed by atoms with van der Waals surface area (Å²) in [6, 6.07) is 10.2. The third-order valence-corrected chi connectivity index (χ3v) is 4.07. The standard InChI is InChI=1S/C19H19FN2O/c20-16-8-9-18(17(21)12-16)22-19(23)10-6-13-5-7-14-3-1-2-4-15(14)11-13/h5-12H,1-4,21H2,(H,22,23)/b10-6+. The van der Waals surface area contributed by atoms with Crippen molar-refractivity contribution in [1.29, 1.82) is 0 Å². The fourth-order valence-corrected chi connectivity index (χ4v) is 2.85. The van der Waals surface area contributed by atoms with Crippen LogP contribution in [-0.4, -0.2) is 5.91 Å². The number of benzene rings is 2. The van der Waals surface area contributed by atoms with Crippen LogP contribution in [0.4, 0.5) is 15.8 Å². The predicted octanol–water partition coefficient (Wildman–Crippen LogP) is 3.94. The lowest BCUT2D eigenvalue weighted by Gasteiger charge is -2.15. The molecule has 1 aliphatic carbocycles. The molecule has 4 heteroatoms. The van der Waals surface area contributed by atoms with Crippen molar-refractivity contribution >= 4 is 23.4 Å². The van der Waals surface area contributed by atoms with Crippen LogP contribution in [0.5, 0.6) is 0 Å². The summed E-state index contributed by atoms with van der Waals surface area (Å²) < 4.78 is 13.0. The number of hydrogen-bond acceptors (Lipinski definition) is 2. The Balaban J connectivity index is 1.68. The first-order valence-electron chi connectivity index (χ1n) is 7.78. The Morgan fingerprint density at radius 3 is 2.65 bits per heavy atom. The Hall–Kier alpha value is -2.62. The number of nitrogen functional groups attached to an aromatic ring is 1. The molecule has 3 N–H and O–H groups in total. The topological polar surface area (TPSA) is 55.1 Å². The van der Waals surface area contributed by atoms with Gasteiger partial charge in [-0.2, -0.15) is 0 Å². The zero-order valence-corrected chi connectivity index (χ0v) is 12.8. The molecule has 0 heterocycles. The van der Waals surface area contributed by atoms with Crippen LogP contribution in [-0.2, 0) is 17.6 Å². The number of nitrogens with one attached hydrogen (secondary N) is 1. The van der Waals surface area contributed by atoms with Gasteiger partial charge in [0, 0.05) is 6.08 Å². The number of hydrogen-bond donors (Lipinski definition) is 2. The Morgan fingerprint density at radius 2 is 1.87 bits per heavy atom. The molecular formula is C19H19FN2O. The lowest BCUT2D eigenvalue weighted by atomic mass is 9.90. The van der Waals surface area contributed by atoms with E-state index in [1.807, 2.05) is 6.07 Å². The van der Waals surface area contributed by atoms with Crippen LogP contribution in [0.3, 0.4) is 0 Å². The van der Waals surface area contributed by atoms with Gasteiger partial charge in [0.2, 0.25) is 5.91 Å². The molecule has 0 saturated carbocycles. The molecular weight excluding hydrogens is 291 g/mol. The van der Waals surface area contributed by atoms with Gasteiger partial charge in [0.25, 0.3) is 0 Å². The van der Waals surface area contributed by atoms with Gasteiger partial charge in [-0.05, 0) is 66.6 Å². The minimum Gasteiger partial charge on any atom is -0.397 e. The Labute approximate surface area is 135 Å². The van der Waals surface area contributed by atoms with Gasteiger partial charge in [-0.1, -0.05) is 18.2 Å². The van der Waals surface area contributed by atoms with Gasteiger partial charge in [-0.15, -0.1) is 0 Å². The first-order chi connectivity index (χ1) is 11.1. The number of amides is 1. The summed E-state index contributed by atoms with van der Waals surface area (Å²) in [5.41, 5.74) is 10.1. The number of aryl methyl sites for hydroxylation is 2. The highest BCUT2D eigenvalue weighted by Crippen LogP contribution is 2.23. The minimum atomic E-state index is -0.426. The first kappa shape index (κ1) is 15.3. The van der Waals surface area contributed by atoms with Crippen molar-refractivity contribution in [2.75, 3.05) is 11.1 Å². The summed E-state index contributed by atoms with van der Waals surface area (Å²) in [6.07, 6.45) is 7.98. The molecule has 0 fully saturated rings. The molecule has 1 amide bonds. The Morgan fingerprint density at radius 1 is 1.09 bits per heavy atom. The number of fused-ring (bicyclic) bond motifs is 1. The van der Waals surface area contributed by atoms with Crippen molar-refractivity contribution in [3.05, 3.63) is 65.0 Å². The Kier molecular flexibility index (Phi) is 4.42. The van der Waals surface area contributed by atoms with Gasteiger partial charge in [-0.3, -0.25) is 4.79 Å². The van der Waals surface area contributed by atoms with Gasteiger partial charge in [-0.25, -0.2) is 4.39 Å². The van der Waals surface area contributed by atoms with Crippen LogP contribution >= 0.6 is 0 Å². The maximum atomic E-state index is 13.0. The second-order valence-electron chi connectivity index (χ2n) is 5.79. The van der Waals surface area contributed by atoms with Crippen LogP contribution in [0.2, 0.25) is 0 Å². The van der Waals surface area contributed by atoms with Crippen LogP contribution in [0.1, 0.15) is 29.5 Å². The van der Waals surface area contributed by atoms with E-state index in [1.54, 1.807) is 6.08 Å². The van der Waals surface area contributed by atoms with Crippen molar-refractivity contribution < 1.29 is 9.18 Å². The zero-order chi connectivity index (χ0) is 16.2. The van der Waals surface area contributed by atoms with Crippen LogP contribution in [0.15, 0.2) is 42.5 Å². The third kappa shape index (κ3) is 3.77. The van der Waals surface area contributed by atoms with E-state index in [2.05, 4.69) is 17.4 Å². The van der Waals surface area contributed by atoms with E-state index < -0.39 is 5.82 Å². The van der Waals surface area contributed by atoms with Crippen molar-refractivity contribution in [2.24, 2.45) is 0 Å². The summed E-state index contributed by atoms with van der Waals surface area (Å²) in [4.78, 5) is 12.0. The SMILES string of the molecule is Nc1cc(F)ccc1NC(=O)/C=C/c1ccc2c(c1)CCCC2. The molecule has 118 valence electrons. The van der Waals surface area contributed by atoms with E-state index in [0.29, 0.717) is 5.69 Å². The second-order valence-corrected chi connectivity index (χ2v) is 5.79. The quantitative estimate of drug-likeness (QED) is 0.666. The van der Waals surface area contributed by atoms with Crippen LogP contribution < -0.4 is 11.1 Å². The smallest absolute Gasteiger partial charge is 0.248 e. The molecule has 0 aliphatic heterocycles. The van der Waals surface area contributed by atoms with Crippen molar-refractivity contribution in [3.8, 4) is 0 Å². The maximum Gasteiger partial charge on any atom is 0.248 e. The summed E-state index contributed by atoms with van der Waals surface area (Å²) in [5, 5.41) is 2.65. The molecule has 2 aromatic rings.